The number of hydrogen-bond donors (Lipinski definition) is 1. The smallest absolute Gasteiger partial charge is 0.179 e. The van der Waals surface area contributed by atoms with E-state index in [0.29, 0.717) is 35.8 Å². The summed E-state index contributed by atoms with van der Waals surface area (Å²) in [5.41, 5.74) is 1.08. The second-order valence-corrected chi connectivity index (χ2v) is 6.57. The molecule has 136 valence electrons. The molecule has 1 atom stereocenters. The van der Waals surface area contributed by atoms with Crippen LogP contribution in [0.1, 0.15) is 38.1 Å². The third-order valence-electron chi connectivity index (χ3n) is 4.22. The lowest BCUT2D eigenvalue weighted by atomic mass is 10.1. The molecule has 0 spiro atoms. The second kappa shape index (κ2) is 8.54. The number of rotatable bonds is 8. The minimum atomic E-state index is 0.375. The predicted molar refractivity (Wildman–Crippen MR) is 97.4 cm³/mol. The van der Waals surface area contributed by atoms with Gasteiger partial charge in [0.05, 0.1) is 24.8 Å². The van der Waals surface area contributed by atoms with Crippen molar-refractivity contribution in [3.63, 3.8) is 0 Å². The summed E-state index contributed by atoms with van der Waals surface area (Å²) < 4.78 is 13.5. The molecule has 1 aromatic carbocycles. The SMILES string of the molecule is CCCOc1c(Cl)cc(CNC2CCc3ncnn3C2)cc1OCC. The quantitative estimate of drug-likeness (QED) is 0.779. The van der Waals surface area contributed by atoms with Crippen molar-refractivity contribution in [2.24, 2.45) is 0 Å². The van der Waals surface area contributed by atoms with E-state index in [4.69, 9.17) is 21.1 Å². The molecule has 7 heteroatoms. The number of aromatic nitrogens is 3. The zero-order chi connectivity index (χ0) is 17.6. The summed E-state index contributed by atoms with van der Waals surface area (Å²) in [6.07, 6.45) is 4.56. The number of ether oxygens (including phenoxy) is 2. The van der Waals surface area contributed by atoms with Gasteiger partial charge in [-0.3, -0.25) is 0 Å². The van der Waals surface area contributed by atoms with Crippen LogP contribution in [0.15, 0.2) is 18.5 Å². The van der Waals surface area contributed by atoms with Gasteiger partial charge in [0.2, 0.25) is 0 Å². The van der Waals surface area contributed by atoms with Crippen LogP contribution in [0.3, 0.4) is 0 Å². The number of nitrogens with one attached hydrogen (secondary N) is 1. The highest BCUT2D eigenvalue weighted by Crippen LogP contribution is 2.36. The van der Waals surface area contributed by atoms with Crippen LogP contribution >= 0.6 is 11.6 Å². The van der Waals surface area contributed by atoms with Crippen molar-refractivity contribution in [3.8, 4) is 11.5 Å². The first-order valence-corrected chi connectivity index (χ1v) is 9.27. The lowest BCUT2D eigenvalue weighted by Crippen LogP contribution is -2.37. The van der Waals surface area contributed by atoms with Crippen molar-refractivity contribution >= 4 is 11.6 Å². The van der Waals surface area contributed by atoms with E-state index < -0.39 is 0 Å². The lowest BCUT2D eigenvalue weighted by Gasteiger charge is -2.24. The molecular weight excluding hydrogens is 340 g/mol. The molecule has 2 heterocycles. The Morgan fingerprint density at radius 2 is 2.20 bits per heavy atom. The Labute approximate surface area is 153 Å². The van der Waals surface area contributed by atoms with E-state index in [9.17, 15) is 0 Å². The maximum atomic E-state index is 6.42. The van der Waals surface area contributed by atoms with E-state index in [-0.39, 0.29) is 0 Å². The van der Waals surface area contributed by atoms with Gasteiger partial charge in [-0.1, -0.05) is 18.5 Å². The van der Waals surface area contributed by atoms with E-state index in [1.165, 1.54) is 0 Å². The van der Waals surface area contributed by atoms with Crippen LogP contribution in [0.4, 0.5) is 0 Å². The lowest BCUT2D eigenvalue weighted by molar-refractivity contribution is 0.276. The summed E-state index contributed by atoms with van der Waals surface area (Å²) in [6, 6.07) is 4.34. The summed E-state index contributed by atoms with van der Waals surface area (Å²) in [5.74, 6) is 2.42. The largest absolute Gasteiger partial charge is 0.490 e. The third-order valence-corrected chi connectivity index (χ3v) is 4.50. The Morgan fingerprint density at radius 3 is 3.00 bits per heavy atom. The molecule has 1 aliphatic rings. The molecule has 2 aromatic rings. The molecular formula is C18H25ClN4O2. The van der Waals surface area contributed by atoms with Gasteiger partial charge in [0, 0.05) is 19.0 Å². The Kier molecular flexibility index (Phi) is 6.15. The van der Waals surface area contributed by atoms with E-state index >= 15 is 0 Å². The molecule has 1 aromatic heterocycles. The van der Waals surface area contributed by atoms with Crippen LogP contribution in [-0.4, -0.2) is 34.0 Å². The minimum Gasteiger partial charge on any atom is -0.490 e. The minimum absolute atomic E-state index is 0.375. The van der Waals surface area contributed by atoms with Crippen molar-refractivity contribution in [3.05, 3.63) is 34.9 Å². The number of fused-ring (bicyclic) bond motifs is 1. The summed E-state index contributed by atoms with van der Waals surface area (Å²) in [6.45, 7) is 6.80. The highest BCUT2D eigenvalue weighted by molar-refractivity contribution is 6.32. The number of aryl methyl sites for hydroxylation is 1. The van der Waals surface area contributed by atoms with E-state index in [1.54, 1.807) is 6.33 Å². The molecule has 0 aliphatic carbocycles. The number of halogens is 1. The van der Waals surface area contributed by atoms with Crippen molar-refractivity contribution in [1.29, 1.82) is 0 Å². The molecule has 0 saturated carbocycles. The Balaban J connectivity index is 1.66. The van der Waals surface area contributed by atoms with Gasteiger partial charge in [0.1, 0.15) is 12.2 Å². The van der Waals surface area contributed by atoms with Crippen molar-refractivity contribution in [1.82, 2.24) is 20.1 Å². The van der Waals surface area contributed by atoms with Crippen LogP contribution < -0.4 is 14.8 Å². The second-order valence-electron chi connectivity index (χ2n) is 6.16. The summed E-state index contributed by atoms with van der Waals surface area (Å²) in [7, 11) is 0. The molecule has 0 bridgehead atoms. The Morgan fingerprint density at radius 1 is 1.32 bits per heavy atom. The van der Waals surface area contributed by atoms with E-state index in [0.717, 1.165) is 43.7 Å². The number of hydrogen-bond acceptors (Lipinski definition) is 5. The average Bonchev–Trinajstić information content (AvgIpc) is 3.07. The Bertz CT molecular complexity index is 704. The molecule has 0 radical (unpaired) electrons. The van der Waals surface area contributed by atoms with Gasteiger partial charge in [0.25, 0.3) is 0 Å². The van der Waals surface area contributed by atoms with Gasteiger partial charge in [0.15, 0.2) is 11.5 Å². The van der Waals surface area contributed by atoms with Crippen LogP contribution in [0, 0.1) is 0 Å². The third kappa shape index (κ3) is 4.44. The topological polar surface area (TPSA) is 61.2 Å². The molecule has 25 heavy (non-hydrogen) atoms. The molecule has 0 saturated heterocycles. The predicted octanol–water partition coefficient (Wildman–Crippen LogP) is 3.22. The Hall–Kier alpha value is -1.79. The van der Waals surface area contributed by atoms with Gasteiger partial charge in [-0.05, 0) is 37.5 Å². The molecule has 0 amide bonds. The zero-order valence-electron chi connectivity index (χ0n) is 14.8. The molecule has 0 fully saturated rings. The van der Waals surface area contributed by atoms with Gasteiger partial charge in [-0.15, -0.1) is 0 Å². The van der Waals surface area contributed by atoms with Crippen LogP contribution in [0.2, 0.25) is 5.02 Å². The summed E-state index contributed by atoms with van der Waals surface area (Å²) in [5, 5.41) is 8.44. The van der Waals surface area contributed by atoms with Gasteiger partial charge >= 0.3 is 0 Å². The monoisotopic (exact) mass is 364 g/mol. The van der Waals surface area contributed by atoms with E-state index in [1.807, 2.05) is 23.7 Å². The fourth-order valence-corrected chi connectivity index (χ4v) is 3.28. The number of benzene rings is 1. The summed E-state index contributed by atoms with van der Waals surface area (Å²) >= 11 is 6.42. The fraction of sp³-hybridized carbons (Fsp3) is 0.556. The first-order chi connectivity index (χ1) is 12.2. The first kappa shape index (κ1) is 18.0. The highest BCUT2D eigenvalue weighted by atomic mass is 35.5. The maximum absolute atomic E-state index is 6.42. The number of nitrogens with zero attached hydrogens (tertiary/aromatic N) is 3. The normalized spacial score (nSPS) is 16.5. The molecule has 6 nitrogen and oxygen atoms in total. The fourth-order valence-electron chi connectivity index (χ4n) is 3.00. The maximum Gasteiger partial charge on any atom is 0.179 e. The van der Waals surface area contributed by atoms with Crippen LogP contribution in [0.25, 0.3) is 0 Å². The van der Waals surface area contributed by atoms with Gasteiger partial charge in [-0.2, -0.15) is 5.10 Å². The van der Waals surface area contributed by atoms with Crippen molar-refractivity contribution in [2.45, 2.75) is 52.2 Å². The first-order valence-electron chi connectivity index (χ1n) is 8.89. The van der Waals surface area contributed by atoms with Gasteiger partial charge in [-0.25, -0.2) is 9.67 Å². The molecule has 1 N–H and O–H groups in total. The van der Waals surface area contributed by atoms with Crippen molar-refractivity contribution < 1.29 is 9.47 Å². The highest BCUT2D eigenvalue weighted by Gasteiger charge is 2.20. The van der Waals surface area contributed by atoms with Gasteiger partial charge < -0.3 is 14.8 Å². The zero-order valence-corrected chi connectivity index (χ0v) is 15.6. The van der Waals surface area contributed by atoms with Crippen molar-refractivity contribution in [2.75, 3.05) is 13.2 Å². The van der Waals surface area contributed by atoms with Crippen LogP contribution in [0.5, 0.6) is 11.5 Å². The molecule has 3 rings (SSSR count). The van der Waals surface area contributed by atoms with Crippen LogP contribution in [-0.2, 0) is 19.5 Å². The molecule has 1 unspecified atom stereocenters. The standard InChI is InChI=1S/C18H25ClN4O2/c1-3-7-25-18-15(19)8-13(9-16(18)24-4-2)10-20-14-5-6-17-21-12-22-23(17)11-14/h8-9,12,14,20H,3-7,10-11H2,1-2H3. The average molecular weight is 365 g/mol. The molecule has 1 aliphatic heterocycles. The van der Waals surface area contributed by atoms with E-state index in [2.05, 4.69) is 22.3 Å². The summed E-state index contributed by atoms with van der Waals surface area (Å²) in [4.78, 5) is 4.26.